The van der Waals surface area contributed by atoms with Crippen molar-refractivity contribution in [3.05, 3.63) is 0 Å². The number of esters is 2. The second kappa shape index (κ2) is 34.1. The van der Waals surface area contributed by atoms with Gasteiger partial charge in [-0.05, 0) is 25.7 Å². The van der Waals surface area contributed by atoms with E-state index >= 15 is 0 Å². The fourth-order valence-corrected chi connectivity index (χ4v) is 4.05. The van der Waals surface area contributed by atoms with Gasteiger partial charge in [0.15, 0.2) is 0 Å². The van der Waals surface area contributed by atoms with E-state index in [-0.39, 0.29) is 11.9 Å². The maximum absolute atomic E-state index is 11.4. The molecule has 36 heavy (non-hydrogen) atoms. The number of hydrogen-bond donors (Lipinski definition) is 0. The van der Waals surface area contributed by atoms with Crippen molar-refractivity contribution in [2.24, 2.45) is 0 Å². The minimum absolute atomic E-state index is 0.352. The molecule has 0 aromatic heterocycles. The van der Waals surface area contributed by atoms with Gasteiger partial charge in [0.25, 0.3) is 0 Å². The average Bonchev–Trinajstić information content (AvgIpc) is 2.87. The van der Waals surface area contributed by atoms with Crippen molar-refractivity contribution in [2.45, 2.75) is 182 Å². The van der Waals surface area contributed by atoms with Gasteiger partial charge < -0.3 is 9.47 Å². The highest BCUT2D eigenvalue weighted by Crippen LogP contribution is 2.09. The molecule has 0 fully saturated rings. The summed E-state index contributed by atoms with van der Waals surface area (Å²) in [5.74, 6) is -0.704. The number of ether oxygens (including phenoxy) is 2. The van der Waals surface area contributed by atoms with E-state index in [4.69, 9.17) is 9.47 Å². The molecule has 0 amide bonds. The van der Waals surface area contributed by atoms with E-state index in [1.54, 1.807) is 0 Å². The first-order chi connectivity index (χ1) is 17.6. The SMILES string of the molecule is CCCCCCCC(=O)OC(=O)CCCCCCC.CCCCCCCCOCCCCCCCC. The fourth-order valence-electron chi connectivity index (χ4n) is 4.05. The summed E-state index contributed by atoms with van der Waals surface area (Å²) in [6.07, 6.45) is 28.0. The summed E-state index contributed by atoms with van der Waals surface area (Å²) in [4.78, 5) is 22.8. The second-order valence-corrected chi connectivity index (χ2v) is 10.3. The van der Waals surface area contributed by atoms with Crippen LogP contribution in [0.5, 0.6) is 0 Å². The van der Waals surface area contributed by atoms with Gasteiger partial charge in [0.1, 0.15) is 0 Å². The predicted molar refractivity (Wildman–Crippen MR) is 155 cm³/mol. The van der Waals surface area contributed by atoms with Crippen LogP contribution in [0.2, 0.25) is 0 Å². The fraction of sp³-hybridized carbons (Fsp3) is 0.938. The molecule has 4 nitrogen and oxygen atoms in total. The Hall–Kier alpha value is -0.900. The van der Waals surface area contributed by atoms with Crippen molar-refractivity contribution in [3.8, 4) is 0 Å². The molecule has 0 saturated carbocycles. The van der Waals surface area contributed by atoms with E-state index in [9.17, 15) is 9.59 Å². The Labute approximate surface area is 226 Å². The Morgan fingerprint density at radius 1 is 0.389 bits per heavy atom. The molecule has 0 bridgehead atoms. The predicted octanol–water partition coefficient (Wildman–Crippen LogP) is 10.5. The van der Waals surface area contributed by atoms with Gasteiger partial charge in [0.2, 0.25) is 0 Å². The molecule has 0 atom stereocenters. The van der Waals surface area contributed by atoms with E-state index in [1.165, 1.54) is 103 Å². The van der Waals surface area contributed by atoms with Crippen LogP contribution in [0.3, 0.4) is 0 Å². The molecule has 0 unspecified atom stereocenters. The lowest BCUT2D eigenvalue weighted by atomic mass is 10.1. The zero-order chi connectivity index (χ0) is 27.0. The zero-order valence-electron chi connectivity index (χ0n) is 25.0. The number of rotatable bonds is 26. The third-order valence-electron chi connectivity index (χ3n) is 6.48. The maximum Gasteiger partial charge on any atom is 0.313 e. The lowest BCUT2D eigenvalue weighted by Gasteiger charge is -2.04. The molecule has 0 rings (SSSR count). The Morgan fingerprint density at radius 2 is 0.667 bits per heavy atom. The number of unbranched alkanes of at least 4 members (excludes halogenated alkanes) is 18. The van der Waals surface area contributed by atoms with Gasteiger partial charge in [-0.25, -0.2) is 0 Å². The van der Waals surface area contributed by atoms with Gasteiger partial charge in [-0.2, -0.15) is 0 Å². The summed E-state index contributed by atoms with van der Waals surface area (Å²) in [5, 5.41) is 0. The summed E-state index contributed by atoms with van der Waals surface area (Å²) in [5.41, 5.74) is 0. The summed E-state index contributed by atoms with van der Waals surface area (Å²) >= 11 is 0. The second-order valence-electron chi connectivity index (χ2n) is 10.3. The third kappa shape index (κ3) is 35.3. The van der Waals surface area contributed by atoms with Crippen molar-refractivity contribution in [1.29, 1.82) is 0 Å². The largest absolute Gasteiger partial charge is 0.393 e. The summed E-state index contributed by atoms with van der Waals surface area (Å²) in [6.45, 7) is 10.8. The molecule has 0 saturated heterocycles. The van der Waals surface area contributed by atoms with E-state index in [2.05, 4.69) is 27.7 Å². The first kappa shape index (κ1) is 37.3. The Kier molecular flexibility index (Phi) is 35.3. The number of carbonyl (C=O) groups excluding carboxylic acids is 2. The van der Waals surface area contributed by atoms with Crippen LogP contribution in [0.25, 0.3) is 0 Å². The minimum atomic E-state index is -0.352. The molecule has 216 valence electrons. The average molecular weight is 513 g/mol. The van der Waals surface area contributed by atoms with Crippen molar-refractivity contribution in [2.75, 3.05) is 13.2 Å². The first-order valence-corrected chi connectivity index (χ1v) is 15.9. The highest BCUT2D eigenvalue weighted by Gasteiger charge is 2.09. The maximum atomic E-state index is 11.4. The molecular formula is C32H64O4. The van der Waals surface area contributed by atoms with E-state index in [1.807, 2.05) is 0 Å². The van der Waals surface area contributed by atoms with Gasteiger partial charge in [-0.15, -0.1) is 0 Å². The normalized spacial score (nSPS) is 10.7. The molecule has 0 aliphatic rings. The Bertz CT molecular complexity index is 398. The van der Waals surface area contributed by atoms with Crippen LogP contribution in [0.15, 0.2) is 0 Å². The number of carbonyl (C=O) groups is 2. The van der Waals surface area contributed by atoms with Crippen LogP contribution < -0.4 is 0 Å². The minimum Gasteiger partial charge on any atom is -0.393 e. The topological polar surface area (TPSA) is 52.6 Å². The summed E-state index contributed by atoms with van der Waals surface area (Å²) in [6, 6.07) is 0. The summed E-state index contributed by atoms with van der Waals surface area (Å²) < 4.78 is 10.4. The van der Waals surface area contributed by atoms with Crippen LogP contribution in [-0.4, -0.2) is 25.2 Å². The highest BCUT2D eigenvalue weighted by atomic mass is 16.6. The third-order valence-corrected chi connectivity index (χ3v) is 6.48. The molecule has 0 aliphatic carbocycles. The molecule has 0 aliphatic heterocycles. The van der Waals surface area contributed by atoms with Crippen LogP contribution in [0.1, 0.15) is 182 Å². The molecule has 0 aromatic rings. The first-order valence-electron chi connectivity index (χ1n) is 15.9. The van der Waals surface area contributed by atoms with Gasteiger partial charge in [0, 0.05) is 26.1 Å². The number of hydrogen-bond acceptors (Lipinski definition) is 4. The van der Waals surface area contributed by atoms with Crippen LogP contribution in [-0.2, 0) is 19.1 Å². The van der Waals surface area contributed by atoms with Gasteiger partial charge >= 0.3 is 11.9 Å². The smallest absolute Gasteiger partial charge is 0.313 e. The molecule has 4 heteroatoms. The lowest BCUT2D eigenvalue weighted by molar-refractivity contribution is -0.159. The van der Waals surface area contributed by atoms with Crippen molar-refractivity contribution in [1.82, 2.24) is 0 Å². The molecular weight excluding hydrogens is 448 g/mol. The van der Waals surface area contributed by atoms with Crippen LogP contribution >= 0.6 is 0 Å². The Balaban J connectivity index is 0. The molecule has 0 heterocycles. The lowest BCUT2D eigenvalue weighted by Crippen LogP contribution is -2.11. The van der Waals surface area contributed by atoms with E-state index in [0.717, 1.165) is 51.7 Å². The Morgan fingerprint density at radius 3 is 1.00 bits per heavy atom. The van der Waals surface area contributed by atoms with Gasteiger partial charge in [-0.1, -0.05) is 143 Å². The molecule has 0 spiro atoms. The molecule has 0 N–H and O–H groups in total. The van der Waals surface area contributed by atoms with E-state index < -0.39 is 0 Å². The monoisotopic (exact) mass is 512 g/mol. The highest BCUT2D eigenvalue weighted by molar-refractivity contribution is 5.85. The van der Waals surface area contributed by atoms with Crippen molar-refractivity contribution < 1.29 is 19.1 Å². The van der Waals surface area contributed by atoms with Crippen LogP contribution in [0, 0.1) is 0 Å². The quantitative estimate of drug-likeness (QED) is 0.0657. The van der Waals surface area contributed by atoms with Gasteiger partial charge in [0.05, 0.1) is 0 Å². The zero-order valence-corrected chi connectivity index (χ0v) is 25.0. The van der Waals surface area contributed by atoms with E-state index in [0.29, 0.717) is 12.8 Å². The van der Waals surface area contributed by atoms with Gasteiger partial charge in [-0.3, -0.25) is 9.59 Å². The standard InChI is InChI=1S/C16H30O3.C16H34O/c1-3-5-7-9-11-13-15(17)19-16(18)14-12-10-8-6-4-2;1-3-5-7-9-11-13-15-17-16-14-12-10-8-6-4-2/h3-14H2,1-2H3;3-16H2,1-2H3. The van der Waals surface area contributed by atoms with Crippen molar-refractivity contribution in [3.63, 3.8) is 0 Å². The summed E-state index contributed by atoms with van der Waals surface area (Å²) in [7, 11) is 0. The molecule has 0 radical (unpaired) electrons. The molecule has 0 aromatic carbocycles. The van der Waals surface area contributed by atoms with Crippen LogP contribution in [0.4, 0.5) is 0 Å². The van der Waals surface area contributed by atoms with Crippen molar-refractivity contribution >= 4 is 11.9 Å².